The molecule has 0 spiro atoms. The van der Waals surface area contributed by atoms with Gasteiger partial charge in [0.1, 0.15) is 10.7 Å². The Labute approximate surface area is 242 Å². The fourth-order valence-electron chi connectivity index (χ4n) is 5.84. The van der Waals surface area contributed by atoms with Crippen molar-refractivity contribution >= 4 is 39.2 Å². The van der Waals surface area contributed by atoms with E-state index in [-0.39, 0.29) is 16.6 Å². The van der Waals surface area contributed by atoms with E-state index in [0.29, 0.717) is 49.0 Å². The van der Waals surface area contributed by atoms with E-state index < -0.39 is 10.0 Å². The number of halogens is 1. The first kappa shape index (κ1) is 28.8. The monoisotopic (exact) mass is 576 g/mol. The largest absolute Gasteiger partial charge is 0.368 e. The van der Waals surface area contributed by atoms with Crippen LogP contribution in [-0.2, 0) is 10.0 Å². The van der Waals surface area contributed by atoms with Crippen molar-refractivity contribution < 1.29 is 17.6 Å². The van der Waals surface area contributed by atoms with Gasteiger partial charge in [0.15, 0.2) is 0 Å². The highest BCUT2D eigenvalue weighted by atomic mass is 32.2. The molecule has 0 bridgehead atoms. The number of carbonyl (C=O) groups is 1. The first-order valence-corrected chi connectivity index (χ1v) is 15.9. The van der Waals surface area contributed by atoms with E-state index in [1.165, 1.54) is 25.0 Å². The minimum atomic E-state index is -3.91. The van der Waals surface area contributed by atoms with Crippen molar-refractivity contribution in [2.24, 2.45) is 4.99 Å². The fraction of sp³-hybridized carbons (Fsp3) is 0.375. The zero-order valence-electron chi connectivity index (χ0n) is 23.4. The van der Waals surface area contributed by atoms with Gasteiger partial charge in [0.2, 0.25) is 0 Å². The number of para-hydroxylation sites is 1. The number of nitrogens with zero attached hydrogens (tertiary/aromatic N) is 3. The van der Waals surface area contributed by atoms with Crippen molar-refractivity contribution in [2.45, 2.75) is 56.3 Å². The molecule has 9 heteroatoms. The van der Waals surface area contributed by atoms with Crippen LogP contribution < -0.4 is 9.62 Å². The summed E-state index contributed by atoms with van der Waals surface area (Å²) in [5.41, 5.74) is 3.32. The molecule has 2 aliphatic rings. The molecule has 7 nitrogen and oxygen atoms in total. The molecule has 0 aromatic heterocycles. The number of hydrogen-bond donors (Lipinski definition) is 1. The molecule has 0 unspecified atom stereocenters. The molecule has 1 aliphatic heterocycles. The van der Waals surface area contributed by atoms with Crippen LogP contribution in [0.3, 0.4) is 0 Å². The van der Waals surface area contributed by atoms with E-state index in [4.69, 9.17) is 0 Å². The van der Waals surface area contributed by atoms with Crippen molar-refractivity contribution in [1.29, 1.82) is 0 Å². The molecule has 1 saturated heterocycles. The van der Waals surface area contributed by atoms with Crippen LogP contribution in [0.25, 0.3) is 0 Å². The number of carbonyl (C=O) groups excluding carboxylic acids is 1. The lowest BCUT2D eigenvalue weighted by Crippen LogP contribution is -2.48. The summed E-state index contributed by atoms with van der Waals surface area (Å²) in [6.07, 6.45) is 8.45. The number of rotatable bonds is 7. The van der Waals surface area contributed by atoms with Crippen molar-refractivity contribution in [3.63, 3.8) is 0 Å². The van der Waals surface area contributed by atoms with Gasteiger partial charge < -0.3 is 9.80 Å². The van der Waals surface area contributed by atoms with E-state index in [2.05, 4.69) is 14.6 Å². The van der Waals surface area contributed by atoms with E-state index in [1.54, 1.807) is 66.6 Å². The zero-order valence-corrected chi connectivity index (χ0v) is 24.2. The number of aliphatic imine (C=N–C) groups is 1. The van der Waals surface area contributed by atoms with Gasteiger partial charge in [-0.15, -0.1) is 0 Å². The van der Waals surface area contributed by atoms with Crippen LogP contribution in [0.2, 0.25) is 0 Å². The summed E-state index contributed by atoms with van der Waals surface area (Å²) in [6.45, 7) is 4.19. The highest BCUT2D eigenvalue weighted by Crippen LogP contribution is 2.40. The van der Waals surface area contributed by atoms with Gasteiger partial charge in [-0.05, 0) is 85.8 Å². The van der Waals surface area contributed by atoms with Crippen LogP contribution in [0.5, 0.6) is 0 Å². The summed E-state index contributed by atoms with van der Waals surface area (Å²) in [6, 6.07) is 18.3. The summed E-state index contributed by atoms with van der Waals surface area (Å²) in [4.78, 5) is 21.7. The van der Waals surface area contributed by atoms with Crippen LogP contribution in [0, 0.1) is 5.82 Å². The van der Waals surface area contributed by atoms with Crippen molar-refractivity contribution in [2.75, 3.05) is 35.8 Å². The molecule has 5 rings (SSSR count). The summed E-state index contributed by atoms with van der Waals surface area (Å²) < 4.78 is 43.0. The average molecular weight is 577 g/mol. The molecular formula is C32H37FN4O3S. The van der Waals surface area contributed by atoms with Gasteiger partial charge in [-0.25, -0.2) is 12.8 Å². The first-order valence-electron chi connectivity index (χ1n) is 14.4. The van der Waals surface area contributed by atoms with Crippen LogP contribution in [0.4, 0.5) is 21.5 Å². The number of sulfonamides is 1. The molecule has 3 aromatic carbocycles. The smallest absolute Gasteiger partial charge is 0.264 e. The number of anilines is 2. The SMILES string of the molecule is CC=Nc1c(C2CCCCCC2)cccc1S(=O)(=O)Nc1ccc(C(=O)N2CCN(c3ccc(F)cc3)CC2)cc1. The lowest BCUT2D eigenvalue weighted by atomic mass is 9.90. The van der Waals surface area contributed by atoms with E-state index in [9.17, 15) is 17.6 Å². The van der Waals surface area contributed by atoms with Crippen molar-refractivity contribution in [3.05, 3.63) is 83.7 Å². The van der Waals surface area contributed by atoms with Crippen LogP contribution in [-0.4, -0.2) is 51.6 Å². The first-order chi connectivity index (χ1) is 19.9. The second kappa shape index (κ2) is 12.9. The molecule has 3 aromatic rings. The highest BCUT2D eigenvalue weighted by molar-refractivity contribution is 7.92. The summed E-state index contributed by atoms with van der Waals surface area (Å²) in [7, 11) is -3.91. The second-order valence-electron chi connectivity index (χ2n) is 10.7. The third-order valence-corrected chi connectivity index (χ3v) is 9.43. The Bertz CT molecular complexity index is 1470. The number of amides is 1. The maximum atomic E-state index is 13.5. The second-order valence-corrected chi connectivity index (χ2v) is 12.4. The molecule has 41 heavy (non-hydrogen) atoms. The van der Waals surface area contributed by atoms with Crippen molar-refractivity contribution in [1.82, 2.24) is 4.90 Å². The van der Waals surface area contributed by atoms with Gasteiger partial charge in [-0.3, -0.25) is 14.5 Å². The minimum Gasteiger partial charge on any atom is -0.368 e. The van der Waals surface area contributed by atoms with E-state index >= 15 is 0 Å². The number of piperazine rings is 1. The quantitative estimate of drug-likeness (QED) is 0.249. The number of nitrogens with one attached hydrogen (secondary N) is 1. The fourth-order valence-corrected chi connectivity index (χ4v) is 7.08. The Morgan fingerprint density at radius 2 is 1.56 bits per heavy atom. The third-order valence-electron chi connectivity index (χ3n) is 8.02. The lowest BCUT2D eigenvalue weighted by Gasteiger charge is -2.36. The standard InChI is InChI=1S/C32H37FN4O3S/c1-2-34-31-29(24-8-5-3-4-6-9-24)10-7-11-30(31)41(39,40)35-27-16-12-25(13-17-27)32(38)37-22-20-36(21-23-37)28-18-14-26(33)15-19-28/h2,7,10-19,24,35H,3-6,8-9,20-23H2,1H3. The van der Waals surface area contributed by atoms with Crippen LogP contribution in [0.15, 0.2) is 76.6 Å². The predicted molar refractivity (Wildman–Crippen MR) is 162 cm³/mol. The molecule has 0 atom stereocenters. The Morgan fingerprint density at radius 3 is 2.20 bits per heavy atom. The van der Waals surface area contributed by atoms with E-state index in [1.807, 2.05) is 6.07 Å². The molecule has 1 heterocycles. The molecular weight excluding hydrogens is 539 g/mol. The summed E-state index contributed by atoms with van der Waals surface area (Å²) in [5, 5.41) is 0. The highest BCUT2D eigenvalue weighted by Gasteiger charge is 2.26. The van der Waals surface area contributed by atoms with Gasteiger partial charge >= 0.3 is 0 Å². The molecule has 1 aliphatic carbocycles. The van der Waals surface area contributed by atoms with Crippen molar-refractivity contribution in [3.8, 4) is 0 Å². The van der Waals surface area contributed by atoms with Gasteiger partial charge in [0.05, 0.1) is 5.69 Å². The molecule has 0 radical (unpaired) electrons. The van der Waals surface area contributed by atoms with Gasteiger partial charge in [0, 0.05) is 49.3 Å². The average Bonchev–Trinajstić information content (AvgIpc) is 3.27. The number of hydrogen-bond acceptors (Lipinski definition) is 5. The Kier molecular flexibility index (Phi) is 9.03. The molecule has 1 N–H and O–H groups in total. The van der Waals surface area contributed by atoms with Crippen LogP contribution >= 0.6 is 0 Å². The Morgan fingerprint density at radius 1 is 0.902 bits per heavy atom. The maximum absolute atomic E-state index is 13.5. The topological polar surface area (TPSA) is 82.1 Å². The van der Waals surface area contributed by atoms with Gasteiger partial charge in [0.25, 0.3) is 15.9 Å². The molecule has 216 valence electrons. The molecule has 1 amide bonds. The normalized spacial score (nSPS) is 17.0. The predicted octanol–water partition coefficient (Wildman–Crippen LogP) is 6.75. The number of benzene rings is 3. The zero-order chi connectivity index (χ0) is 28.8. The molecule has 1 saturated carbocycles. The van der Waals surface area contributed by atoms with Gasteiger partial charge in [-0.1, -0.05) is 37.8 Å². The van der Waals surface area contributed by atoms with E-state index in [0.717, 1.165) is 36.9 Å². The Balaban J connectivity index is 1.27. The minimum absolute atomic E-state index is 0.103. The lowest BCUT2D eigenvalue weighted by molar-refractivity contribution is 0.0747. The third kappa shape index (κ3) is 6.78. The Hall–Kier alpha value is -3.72. The maximum Gasteiger partial charge on any atom is 0.264 e. The summed E-state index contributed by atoms with van der Waals surface area (Å²) >= 11 is 0. The molecule has 2 fully saturated rings. The van der Waals surface area contributed by atoms with Gasteiger partial charge in [-0.2, -0.15) is 0 Å². The summed E-state index contributed by atoms with van der Waals surface area (Å²) in [5.74, 6) is -0.0745. The van der Waals surface area contributed by atoms with Crippen LogP contribution in [0.1, 0.15) is 67.3 Å².